The second-order valence-corrected chi connectivity index (χ2v) is 3.59. The molecule has 0 saturated carbocycles. The van der Waals surface area contributed by atoms with E-state index in [1.807, 2.05) is 0 Å². The first kappa shape index (κ1) is 8.00. The van der Waals surface area contributed by atoms with Crippen LogP contribution in [0, 0.1) is 0 Å². The van der Waals surface area contributed by atoms with Crippen molar-refractivity contribution >= 4 is 16.5 Å². The summed E-state index contributed by atoms with van der Waals surface area (Å²) in [5, 5.41) is 9.54. The second kappa shape index (κ2) is 3.02. The van der Waals surface area contributed by atoms with Crippen LogP contribution < -0.4 is 10.5 Å². The molecular weight excluding hydrogens is 186 g/mol. The second-order valence-electron chi connectivity index (χ2n) is 2.53. The van der Waals surface area contributed by atoms with Gasteiger partial charge in [0.05, 0.1) is 4.88 Å². The van der Waals surface area contributed by atoms with E-state index in [4.69, 9.17) is 10.9 Å². The number of hydrogen-bond donors (Lipinski definition) is 2. The van der Waals surface area contributed by atoms with E-state index in [1.54, 1.807) is 30.7 Å². The van der Waals surface area contributed by atoms with Crippen molar-refractivity contribution in [1.82, 2.24) is 4.98 Å². The zero-order valence-corrected chi connectivity index (χ0v) is 7.53. The zero-order chi connectivity index (χ0) is 9.26. The van der Waals surface area contributed by atoms with E-state index in [2.05, 4.69) is 4.98 Å². The first-order valence-corrected chi connectivity index (χ1v) is 4.49. The molecule has 0 amide bonds. The number of nitrogens with zero attached hydrogens (tertiary/aromatic N) is 2. The number of nitrogen functional groups attached to an aromatic ring is 1. The molecule has 2 heterocycles. The van der Waals surface area contributed by atoms with E-state index in [-0.39, 0.29) is 0 Å². The Morgan fingerprint density at radius 2 is 2.08 bits per heavy atom. The molecule has 0 bridgehead atoms. The Kier molecular flexibility index (Phi) is 1.86. The lowest BCUT2D eigenvalue weighted by Gasteiger charge is -1.90. The van der Waals surface area contributed by atoms with Crippen LogP contribution in [0.2, 0.25) is 0 Å². The molecule has 13 heavy (non-hydrogen) atoms. The van der Waals surface area contributed by atoms with Gasteiger partial charge in [0.15, 0.2) is 5.13 Å². The van der Waals surface area contributed by atoms with E-state index >= 15 is 0 Å². The van der Waals surface area contributed by atoms with Gasteiger partial charge in [-0.1, -0.05) is 11.3 Å². The van der Waals surface area contributed by atoms with Gasteiger partial charge in [-0.15, -0.1) is 0 Å². The molecule has 66 valence electrons. The normalized spacial score (nSPS) is 10.2. The molecule has 0 spiro atoms. The maximum absolute atomic E-state index is 8.99. The highest BCUT2D eigenvalue weighted by Gasteiger charge is 2.03. The largest absolute Gasteiger partial charge is 0.375 e. The van der Waals surface area contributed by atoms with Gasteiger partial charge in [-0.3, -0.25) is 5.21 Å². The zero-order valence-electron chi connectivity index (χ0n) is 6.71. The van der Waals surface area contributed by atoms with Crippen LogP contribution in [-0.4, -0.2) is 10.2 Å². The van der Waals surface area contributed by atoms with Crippen LogP contribution in [0.3, 0.4) is 0 Å². The maximum atomic E-state index is 8.99. The molecule has 0 fully saturated rings. The van der Waals surface area contributed by atoms with Gasteiger partial charge in [-0.25, -0.2) is 4.98 Å². The highest BCUT2D eigenvalue weighted by atomic mass is 32.1. The molecule has 0 aliphatic heterocycles. The van der Waals surface area contributed by atoms with Crippen molar-refractivity contribution in [3.05, 3.63) is 30.7 Å². The number of pyridine rings is 1. The van der Waals surface area contributed by atoms with Gasteiger partial charge >= 0.3 is 0 Å². The molecule has 0 aromatic carbocycles. The number of nitrogens with two attached hydrogens (primary N) is 1. The van der Waals surface area contributed by atoms with Crippen molar-refractivity contribution in [2.45, 2.75) is 0 Å². The van der Waals surface area contributed by atoms with Gasteiger partial charge in [0, 0.05) is 28.6 Å². The molecular formula is C8H8N3OS+. The number of hydrogen-bond acceptors (Lipinski definition) is 4. The Morgan fingerprint density at radius 3 is 2.62 bits per heavy atom. The van der Waals surface area contributed by atoms with Gasteiger partial charge in [0.25, 0.3) is 0 Å². The lowest BCUT2D eigenvalue weighted by Crippen LogP contribution is -2.27. The molecule has 0 aliphatic carbocycles. The lowest BCUT2D eigenvalue weighted by molar-refractivity contribution is -0.904. The van der Waals surface area contributed by atoms with Crippen LogP contribution in [-0.2, 0) is 0 Å². The van der Waals surface area contributed by atoms with Gasteiger partial charge < -0.3 is 5.73 Å². The van der Waals surface area contributed by atoms with E-state index in [0.717, 1.165) is 15.2 Å². The highest BCUT2D eigenvalue weighted by Crippen LogP contribution is 2.25. The summed E-state index contributed by atoms with van der Waals surface area (Å²) < 4.78 is 0.994. The van der Waals surface area contributed by atoms with Crippen LogP contribution in [0.4, 0.5) is 5.13 Å². The fraction of sp³-hybridized carbons (Fsp3) is 0. The summed E-state index contributed by atoms with van der Waals surface area (Å²) in [5.41, 5.74) is 6.50. The number of aromatic nitrogens is 2. The number of rotatable bonds is 1. The third kappa shape index (κ3) is 1.59. The maximum Gasteiger partial charge on any atom is 0.222 e. The lowest BCUT2D eigenvalue weighted by atomic mass is 10.2. The molecule has 0 atom stereocenters. The van der Waals surface area contributed by atoms with E-state index < -0.39 is 0 Å². The van der Waals surface area contributed by atoms with Crippen molar-refractivity contribution < 1.29 is 9.94 Å². The highest BCUT2D eigenvalue weighted by molar-refractivity contribution is 7.18. The first-order valence-electron chi connectivity index (χ1n) is 3.68. The summed E-state index contributed by atoms with van der Waals surface area (Å²) in [6.45, 7) is 0. The summed E-state index contributed by atoms with van der Waals surface area (Å²) >= 11 is 1.42. The minimum Gasteiger partial charge on any atom is -0.375 e. The fourth-order valence-corrected chi connectivity index (χ4v) is 1.69. The summed E-state index contributed by atoms with van der Waals surface area (Å²) in [5.74, 6) is 0. The van der Waals surface area contributed by atoms with Crippen LogP contribution in [0.15, 0.2) is 30.7 Å². The van der Waals surface area contributed by atoms with Gasteiger partial charge in [0.1, 0.15) is 0 Å². The topological polar surface area (TPSA) is 63.0 Å². The van der Waals surface area contributed by atoms with Crippen molar-refractivity contribution in [2.75, 3.05) is 5.73 Å². The standard InChI is InChI=1S/C8H7N3OS/c9-8-10-5-7(13-8)6-1-3-11(12)4-2-6/h1-5,9,12H/p+1. The van der Waals surface area contributed by atoms with Crippen LogP contribution in [0.1, 0.15) is 0 Å². The Morgan fingerprint density at radius 1 is 1.38 bits per heavy atom. The van der Waals surface area contributed by atoms with E-state index in [0.29, 0.717) is 5.13 Å². The summed E-state index contributed by atoms with van der Waals surface area (Å²) in [6, 6.07) is 3.60. The average Bonchev–Trinajstić information content (AvgIpc) is 2.53. The smallest absolute Gasteiger partial charge is 0.222 e. The molecule has 0 radical (unpaired) electrons. The van der Waals surface area contributed by atoms with Crippen molar-refractivity contribution in [2.24, 2.45) is 0 Å². The van der Waals surface area contributed by atoms with Crippen LogP contribution >= 0.6 is 11.3 Å². The molecule has 0 unspecified atom stereocenters. The van der Waals surface area contributed by atoms with E-state index in [9.17, 15) is 0 Å². The summed E-state index contributed by atoms with van der Waals surface area (Å²) in [6.07, 6.45) is 4.84. The average molecular weight is 194 g/mol. The summed E-state index contributed by atoms with van der Waals surface area (Å²) in [7, 11) is 0. The Labute approximate surface area is 78.9 Å². The van der Waals surface area contributed by atoms with Gasteiger partial charge in [0.2, 0.25) is 12.4 Å². The SMILES string of the molecule is Nc1ncc(-c2cc[n+](O)cc2)s1. The predicted octanol–water partition coefficient (Wildman–Crippen LogP) is 0.917. The molecule has 2 rings (SSSR count). The minimum atomic E-state index is 0.552. The van der Waals surface area contributed by atoms with E-state index in [1.165, 1.54) is 11.3 Å². The number of thiazole rings is 1. The van der Waals surface area contributed by atoms with Crippen LogP contribution in [0.25, 0.3) is 10.4 Å². The third-order valence-corrected chi connectivity index (χ3v) is 2.50. The molecule has 2 aromatic rings. The molecule has 3 N–H and O–H groups in total. The van der Waals surface area contributed by atoms with Crippen LogP contribution in [0.5, 0.6) is 0 Å². The van der Waals surface area contributed by atoms with Gasteiger partial charge in [-0.05, 0) is 0 Å². The Hall–Kier alpha value is -1.62. The summed E-state index contributed by atoms with van der Waals surface area (Å²) in [4.78, 5) is 4.94. The first-order chi connectivity index (χ1) is 6.25. The van der Waals surface area contributed by atoms with Crippen molar-refractivity contribution in [1.29, 1.82) is 0 Å². The predicted molar refractivity (Wildman–Crippen MR) is 49.3 cm³/mol. The van der Waals surface area contributed by atoms with Crippen molar-refractivity contribution in [3.63, 3.8) is 0 Å². The molecule has 0 saturated heterocycles. The van der Waals surface area contributed by atoms with Crippen molar-refractivity contribution in [3.8, 4) is 10.4 Å². The molecule has 5 heteroatoms. The number of anilines is 1. The quantitative estimate of drug-likeness (QED) is 0.524. The van der Waals surface area contributed by atoms with Gasteiger partial charge in [-0.2, -0.15) is 0 Å². The minimum absolute atomic E-state index is 0.552. The fourth-order valence-electron chi connectivity index (χ4n) is 1.00. The molecule has 4 nitrogen and oxygen atoms in total. The third-order valence-electron chi connectivity index (χ3n) is 1.62. The Balaban J connectivity index is 2.41. The molecule has 2 aromatic heterocycles. The monoisotopic (exact) mass is 194 g/mol. The molecule has 0 aliphatic rings. The Bertz CT molecular complexity index is 410.